The number of furan rings is 1. The Bertz CT molecular complexity index is 785. The largest absolute Gasteiger partial charge is 1.00 e. The van der Waals surface area contributed by atoms with Crippen molar-refractivity contribution in [2.75, 3.05) is 6.54 Å². The Hall–Kier alpha value is -2.33. The molecule has 1 aromatic carbocycles. The molecule has 0 spiro atoms. The molecule has 0 bridgehead atoms. The molecular weight excluding hydrogens is 327 g/mol. The fraction of sp³-hybridized carbons (Fsp3) is 0.0714. The van der Waals surface area contributed by atoms with Crippen molar-refractivity contribution in [3.05, 3.63) is 52.3 Å². The van der Waals surface area contributed by atoms with Gasteiger partial charge in [-0.1, -0.05) is 0 Å². The third-order valence-corrected chi connectivity index (χ3v) is 2.89. The minimum absolute atomic E-state index is 0. The van der Waals surface area contributed by atoms with E-state index in [1.807, 2.05) is 0 Å². The van der Waals surface area contributed by atoms with E-state index in [-0.39, 0.29) is 53.2 Å². The number of carbonyl (C=O) groups is 1. The van der Waals surface area contributed by atoms with Crippen LogP contribution in [0.4, 0.5) is 5.69 Å². The van der Waals surface area contributed by atoms with E-state index in [0.29, 0.717) is 11.5 Å². The molecule has 0 fully saturated rings. The topological polar surface area (TPSA) is 131 Å². The first-order chi connectivity index (χ1) is 10.6. The molecule has 0 saturated carbocycles. The second kappa shape index (κ2) is 8.50. The van der Waals surface area contributed by atoms with Crippen LogP contribution in [0.3, 0.4) is 0 Å². The van der Waals surface area contributed by atoms with Gasteiger partial charge in [0.15, 0.2) is 0 Å². The number of hydrazone groups is 1. The molecule has 1 aromatic heterocycles. The number of nitro groups is 1. The second-order valence-corrected chi connectivity index (χ2v) is 4.41. The van der Waals surface area contributed by atoms with E-state index >= 15 is 0 Å². The standard InChI is InChI=1S/C14H9N4O4.Na.H2O/c19-14-8-17(9-15-14)16-7-12-5-6-13(22-12)10-1-3-11(4-2-10)18(20)21;;/h1-7H,8H2;;1H2/q-1;+1;/p-1/b16-7+;;. The summed E-state index contributed by atoms with van der Waals surface area (Å²) >= 11 is 0. The Balaban J connectivity index is 0.00000144. The van der Waals surface area contributed by atoms with Crippen molar-refractivity contribution in [3.8, 4) is 11.3 Å². The summed E-state index contributed by atoms with van der Waals surface area (Å²) in [5.74, 6) is 0.740. The molecule has 1 N–H and O–H groups in total. The predicted octanol–water partition coefficient (Wildman–Crippen LogP) is -1.24. The van der Waals surface area contributed by atoms with Gasteiger partial charge in [0.25, 0.3) is 5.69 Å². The minimum Gasteiger partial charge on any atom is -0.870 e. The Morgan fingerprint density at radius 2 is 2.00 bits per heavy atom. The zero-order chi connectivity index (χ0) is 15.5. The maximum atomic E-state index is 10.9. The number of carbonyl (C=O) groups excluding carboxylic acids is 1. The van der Waals surface area contributed by atoms with Gasteiger partial charge in [0.05, 0.1) is 11.1 Å². The normalized spacial score (nSPS) is 13.0. The molecule has 24 heavy (non-hydrogen) atoms. The Morgan fingerprint density at radius 1 is 1.29 bits per heavy atom. The second-order valence-electron chi connectivity index (χ2n) is 4.41. The number of nitrogens with zero attached hydrogens (tertiary/aromatic N) is 4. The molecule has 2 aromatic rings. The van der Waals surface area contributed by atoms with E-state index in [2.05, 4.69) is 16.4 Å². The smallest absolute Gasteiger partial charge is 0.870 e. The van der Waals surface area contributed by atoms with Crippen LogP contribution in [0, 0.1) is 10.1 Å². The Morgan fingerprint density at radius 3 is 2.58 bits per heavy atom. The maximum absolute atomic E-state index is 10.9. The van der Waals surface area contributed by atoms with Gasteiger partial charge in [-0.15, -0.1) is 0 Å². The first kappa shape index (κ1) is 19.7. The number of amides is 1. The quantitative estimate of drug-likeness (QED) is 0.225. The van der Waals surface area contributed by atoms with Gasteiger partial charge in [-0.25, -0.2) is 0 Å². The predicted molar refractivity (Wildman–Crippen MR) is 79.5 cm³/mol. The number of rotatable bonds is 4. The van der Waals surface area contributed by atoms with Crippen LogP contribution in [0.5, 0.6) is 0 Å². The molecule has 0 unspecified atom stereocenters. The molecule has 0 saturated heterocycles. The average Bonchev–Trinajstić information content (AvgIpc) is 3.14. The maximum Gasteiger partial charge on any atom is 1.00 e. The van der Waals surface area contributed by atoms with E-state index in [0.717, 1.165) is 5.56 Å². The summed E-state index contributed by atoms with van der Waals surface area (Å²) in [6, 6.07) is 9.47. The molecule has 1 aliphatic rings. The van der Waals surface area contributed by atoms with Crippen molar-refractivity contribution < 1.29 is 49.2 Å². The van der Waals surface area contributed by atoms with Gasteiger partial charge in [-0.05, 0) is 30.6 Å². The summed E-state index contributed by atoms with van der Waals surface area (Å²) in [5, 5.41) is 15.9. The van der Waals surface area contributed by atoms with Crippen molar-refractivity contribution in [2.45, 2.75) is 0 Å². The van der Waals surface area contributed by atoms with Gasteiger partial charge >= 0.3 is 29.6 Å². The molecule has 0 atom stereocenters. The van der Waals surface area contributed by atoms with Crippen molar-refractivity contribution >= 4 is 24.1 Å². The molecule has 1 aliphatic heterocycles. The third kappa shape index (κ3) is 4.59. The fourth-order valence-corrected chi connectivity index (χ4v) is 1.83. The van der Waals surface area contributed by atoms with Crippen molar-refractivity contribution in [2.24, 2.45) is 10.1 Å². The van der Waals surface area contributed by atoms with E-state index in [9.17, 15) is 14.9 Å². The first-order valence-corrected chi connectivity index (χ1v) is 6.27. The van der Waals surface area contributed by atoms with Crippen LogP contribution in [0.25, 0.3) is 11.3 Å². The zero-order valence-electron chi connectivity index (χ0n) is 12.6. The molecule has 0 radical (unpaired) electrons. The third-order valence-electron chi connectivity index (χ3n) is 2.89. The Kier molecular flexibility index (Phi) is 6.98. The van der Waals surface area contributed by atoms with Crippen LogP contribution in [0.1, 0.15) is 5.76 Å². The molecule has 3 rings (SSSR count). The molecule has 0 aliphatic carbocycles. The van der Waals surface area contributed by atoms with Crippen LogP contribution < -0.4 is 29.6 Å². The van der Waals surface area contributed by atoms with Crippen LogP contribution in [0.15, 0.2) is 50.9 Å². The number of hydrogen-bond donors (Lipinski definition) is 0. The van der Waals surface area contributed by atoms with Crippen LogP contribution in [0.2, 0.25) is 0 Å². The molecule has 118 valence electrons. The molecule has 2 heterocycles. The number of benzene rings is 1. The summed E-state index contributed by atoms with van der Waals surface area (Å²) < 4.78 is 5.57. The van der Waals surface area contributed by atoms with E-state index in [4.69, 9.17) is 4.42 Å². The monoisotopic (exact) mass is 337 g/mol. The number of nitro benzene ring substituents is 1. The summed E-state index contributed by atoms with van der Waals surface area (Å²) in [7, 11) is 0. The average molecular weight is 337 g/mol. The van der Waals surface area contributed by atoms with Gasteiger partial charge in [0, 0.05) is 24.2 Å². The van der Waals surface area contributed by atoms with Crippen LogP contribution >= 0.6 is 0 Å². The summed E-state index contributed by atoms with van der Waals surface area (Å²) in [5.41, 5.74) is 0.736. The number of non-ortho nitro benzene ring substituents is 1. The molecule has 9 nitrogen and oxygen atoms in total. The van der Waals surface area contributed by atoms with Gasteiger partial charge in [0.2, 0.25) is 0 Å². The van der Waals surface area contributed by atoms with Crippen molar-refractivity contribution in [1.82, 2.24) is 5.01 Å². The van der Waals surface area contributed by atoms with Gasteiger partial charge in [-0.3, -0.25) is 10.1 Å². The molecule has 10 heteroatoms. The van der Waals surface area contributed by atoms with Crippen molar-refractivity contribution in [3.63, 3.8) is 0 Å². The number of hydrogen-bond acceptors (Lipinski definition) is 7. The first-order valence-electron chi connectivity index (χ1n) is 6.27. The summed E-state index contributed by atoms with van der Waals surface area (Å²) in [6.07, 6.45) is 3.88. The number of aliphatic imine (C=N–C) groups is 1. The van der Waals surface area contributed by atoms with E-state index in [1.54, 1.807) is 24.3 Å². The summed E-state index contributed by atoms with van der Waals surface area (Å²) in [6.45, 7) is 0.0619. The van der Waals surface area contributed by atoms with Crippen molar-refractivity contribution in [1.29, 1.82) is 0 Å². The zero-order valence-corrected chi connectivity index (χ0v) is 14.6. The SMILES string of the molecule is O=C1CN(/N=C/c2ccc(-c3ccc([N+](=O)[O-])cc3)o2)[C-]=N1.[Na+].[OH-]. The van der Waals surface area contributed by atoms with E-state index in [1.165, 1.54) is 23.4 Å². The molecule has 1 amide bonds. The molecular formula is C14H10N4NaO5-. The Labute approximate surface area is 158 Å². The van der Waals surface area contributed by atoms with Gasteiger partial charge in [-0.2, -0.15) is 5.10 Å². The van der Waals surface area contributed by atoms with Gasteiger partial charge in [0.1, 0.15) is 17.4 Å². The van der Waals surface area contributed by atoms with Crippen LogP contribution in [-0.4, -0.2) is 40.4 Å². The van der Waals surface area contributed by atoms with Gasteiger partial charge < -0.3 is 24.7 Å². The fourth-order valence-electron chi connectivity index (χ4n) is 1.83. The summed E-state index contributed by atoms with van der Waals surface area (Å²) in [4.78, 5) is 24.5. The van der Waals surface area contributed by atoms with Crippen LogP contribution in [-0.2, 0) is 4.79 Å². The van der Waals surface area contributed by atoms with E-state index < -0.39 is 4.92 Å². The minimum atomic E-state index is -0.459.